The summed E-state index contributed by atoms with van der Waals surface area (Å²) in [5.74, 6) is 0. The maximum Gasteiger partial charge on any atom is 0.135 e. The molecule has 0 aliphatic carbocycles. The van der Waals surface area contributed by atoms with Gasteiger partial charge in [-0.3, -0.25) is 0 Å². The highest BCUT2D eigenvalue weighted by Gasteiger charge is 2.24. The maximum atomic E-state index is 5.97. The first kappa shape index (κ1) is 89.9. The first-order chi connectivity index (χ1) is 72.4. The molecular weight excluding hydrogens is 1800 g/mol. The van der Waals surface area contributed by atoms with E-state index < -0.39 is 0 Å². The van der Waals surface area contributed by atoms with Gasteiger partial charge in [-0.2, -0.15) is 0 Å². The first-order valence-corrected chi connectivity index (χ1v) is 51.1. The van der Waals surface area contributed by atoms with Crippen LogP contribution < -0.4 is 4.90 Å². The third-order valence-electron chi connectivity index (χ3n) is 29.7. The number of nitrogens with zero attached hydrogens (tertiary/aromatic N) is 7. The average molecular weight is 1910 g/mol. The summed E-state index contributed by atoms with van der Waals surface area (Å²) >= 11 is 1.86. The van der Waals surface area contributed by atoms with Crippen molar-refractivity contribution >= 4 is 176 Å². The number of benzene rings is 22. The summed E-state index contributed by atoms with van der Waals surface area (Å²) in [4.78, 5) is 4.90. The highest BCUT2D eigenvalue weighted by atomic mass is 32.2. The number of hydrogen-bond donors (Lipinski definition) is 0. The van der Waals surface area contributed by atoms with E-state index in [-0.39, 0.29) is 0 Å². The van der Waals surface area contributed by atoms with Gasteiger partial charge in [0.1, 0.15) is 11.2 Å². The van der Waals surface area contributed by atoms with Gasteiger partial charge in [0.05, 0.1) is 22.4 Å². The van der Waals surface area contributed by atoms with Gasteiger partial charge >= 0.3 is 0 Å². The lowest BCUT2D eigenvalue weighted by atomic mass is 10.0. The van der Waals surface area contributed by atoms with Gasteiger partial charge in [-0.1, -0.05) is 364 Å². The third kappa shape index (κ3) is 16.7. The van der Waals surface area contributed by atoms with E-state index in [1.807, 2.05) is 23.9 Å². The number of aryl methyl sites for hydroxylation is 5. The molecule has 30 rings (SSSR count). The van der Waals surface area contributed by atoms with Crippen molar-refractivity contribution in [3.63, 3.8) is 0 Å². The Morgan fingerprint density at radius 3 is 0.687 bits per heavy atom. The van der Waals surface area contributed by atoms with Crippen LogP contribution >= 0.6 is 11.8 Å². The van der Waals surface area contributed by atoms with Crippen molar-refractivity contribution < 1.29 is 4.42 Å². The van der Waals surface area contributed by atoms with Crippen LogP contribution in [0.3, 0.4) is 0 Å². The van der Waals surface area contributed by atoms with Crippen LogP contribution in [0.4, 0.5) is 11.4 Å². The van der Waals surface area contributed by atoms with Crippen molar-refractivity contribution in [2.45, 2.75) is 9.79 Å². The molecule has 22 aromatic carbocycles. The Balaban J connectivity index is 0.0000000932. The largest absolute Gasteiger partial charge is 0.456 e. The van der Waals surface area contributed by atoms with Gasteiger partial charge < -0.3 is 36.7 Å². The zero-order valence-electron chi connectivity index (χ0n) is 82.5. The molecule has 0 amide bonds. The van der Waals surface area contributed by atoms with Crippen LogP contribution in [0.15, 0.2) is 530 Å². The minimum atomic E-state index is 0.936. The fourth-order valence-corrected chi connectivity index (χ4v) is 23.4. The van der Waals surface area contributed by atoms with Crippen molar-refractivity contribution in [3.8, 4) is 83.6 Å². The molecule has 1 aliphatic rings. The molecule has 0 N–H and O–H groups in total. The number of hydrogen-bond acceptors (Lipinski definition) is 3. The number of para-hydroxylation sites is 8. The normalized spacial score (nSPS) is 11.7. The summed E-state index contributed by atoms with van der Waals surface area (Å²) in [7, 11) is 12.8. The smallest absolute Gasteiger partial charge is 0.135 e. The Bertz CT molecular complexity index is 9800. The molecule has 0 bridgehead atoms. The molecule has 9 heteroatoms. The number of fused-ring (bicyclic) bond motifs is 23. The summed E-state index contributed by atoms with van der Waals surface area (Å²) in [5, 5.41) is 18.0. The molecule has 0 unspecified atom stereocenters. The van der Waals surface area contributed by atoms with Gasteiger partial charge in [0.25, 0.3) is 0 Å². The van der Waals surface area contributed by atoms with Crippen molar-refractivity contribution in [3.05, 3.63) is 516 Å². The molecule has 0 radical (unpaired) electrons. The Kier molecular flexibility index (Phi) is 23.5. The minimum absolute atomic E-state index is 0.936. The van der Waals surface area contributed by atoms with Crippen LogP contribution in [0.1, 0.15) is 0 Å². The summed E-state index contributed by atoms with van der Waals surface area (Å²) in [6.07, 6.45) is 0. The molecular formula is C138H103N7OS. The van der Waals surface area contributed by atoms with Crippen LogP contribution in [0.25, 0.3) is 236 Å². The molecule has 0 fully saturated rings. The van der Waals surface area contributed by atoms with E-state index in [0.29, 0.717) is 0 Å². The van der Waals surface area contributed by atoms with Crippen LogP contribution in [0.5, 0.6) is 0 Å². The molecule has 8 heterocycles. The van der Waals surface area contributed by atoms with Gasteiger partial charge in [0.2, 0.25) is 0 Å². The van der Waals surface area contributed by atoms with Gasteiger partial charge in [-0.15, -0.1) is 0 Å². The standard InChI is InChI=1S/C31H22N2.C25H17NO.C25H19NS.C25H19N.C19H15N.C13H11N/c1-32-28-13-7-5-11-24(28)26-19-21(15-17-29(26)32)22-16-18-31-27(20-22)25-12-6-8-14-30(25)33(31)23-9-3-2-4-10-23;1-26-22-8-4-2-6-18(22)20-14-16(10-12-23(20)26)17-11-13-25-21(15-17)19-7-3-5-9-24(19)27-25;1-26-22-14-12-20(18-8-4-2-5-9-18)16-24(22)27-25-17-21(13-15-23(25)26)19-10-6-3-7-11-19;1-26-24-14-12-20(18-8-4-2-5-9-18)16-22(24)23-17-21(13-15-25(23)26)19-10-6-3-7-11-19;1-20-18-10-6-5-9-16(18)17-13-15(11-12-19(17)20)14-7-3-2-4-8-14;1-14-12-8-4-2-6-10(12)11-7-3-5-9-13(11)14/h2-20H,1H3;2-15H,1H3;2-17H,1H3;2-17H,1H3;2-13H,1H3;2-9H,1H3. The highest BCUT2D eigenvalue weighted by molar-refractivity contribution is 7.99. The Labute approximate surface area is 857 Å². The second-order valence-corrected chi connectivity index (χ2v) is 39.2. The number of furan rings is 1. The number of rotatable bonds is 8. The lowest BCUT2D eigenvalue weighted by Crippen LogP contribution is -2.14. The molecule has 0 spiro atoms. The monoisotopic (exact) mass is 1910 g/mol. The molecule has 0 saturated carbocycles. The summed E-state index contributed by atoms with van der Waals surface area (Å²) in [5.41, 5.74) is 38.4. The summed E-state index contributed by atoms with van der Waals surface area (Å²) < 4.78 is 19.7. The van der Waals surface area contributed by atoms with Gasteiger partial charge in [0, 0.05) is 188 Å². The van der Waals surface area contributed by atoms with Crippen LogP contribution in [0.2, 0.25) is 0 Å². The highest BCUT2D eigenvalue weighted by Crippen LogP contribution is 2.51. The zero-order valence-corrected chi connectivity index (χ0v) is 83.3. The summed E-state index contributed by atoms with van der Waals surface area (Å²) in [6.45, 7) is 0. The van der Waals surface area contributed by atoms with E-state index in [9.17, 15) is 0 Å². The molecule has 29 aromatic rings. The predicted molar refractivity (Wildman–Crippen MR) is 627 cm³/mol. The van der Waals surface area contributed by atoms with Crippen LogP contribution in [-0.2, 0) is 35.2 Å². The van der Waals surface area contributed by atoms with Gasteiger partial charge in [0.15, 0.2) is 0 Å². The van der Waals surface area contributed by atoms with Crippen molar-refractivity contribution in [1.82, 2.24) is 27.4 Å². The lowest BCUT2D eigenvalue weighted by molar-refractivity contribution is 0.669. The van der Waals surface area contributed by atoms with Crippen LogP contribution in [-0.4, -0.2) is 34.5 Å². The van der Waals surface area contributed by atoms with E-state index in [4.69, 9.17) is 4.42 Å². The van der Waals surface area contributed by atoms with E-state index in [2.05, 4.69) is 578 Å². The molecule has 8 nitrogen and oxygen atoms in total. The fraction of sp³-hybridized carbons (Fsp3) is 0.0435. The van der Waals surface area contributed by atoms with Gasteiger partial charge in [-0.25, -0.2) is 0 Å². The SMILES string of the molecule is CN1c2ccc(-c3ccccc3)cc2Sc2cc(-c3ccccc3)ccc21.Cn1c2ccc(-c3ccccc3)cc2c2cc(-c3ccccc3)ccc21.Cn1c2ccccc2c2cc(-c3ccc4c(c3)c3ccccc3n4-c3ccccc3)ccc21.Cn1c2ccccc2c2cc(-c3ccc4oc5ccccc5c4c3)ccc21.Cn1c2ccccc2c2cc(-c3ccccc3)ccc21.Cn1c2ccccc2c2ccccc21. The Morgan fingerprint density at radius 1 is 0.150 bits per heavy atom. The quantitative estimate of drug-likeness (QED) is 0.152. The Hall–Kier alpha value is -18.4. The molecule has 0 saturated heterocycles. The number of aromatic nitrogens is 6. The van der Waals surface area contributed by atoms with Crippen molar-refractivity contribution in [2.24, 2.45) is 35.2 Å². The van der Waals surface area contributed by atoms with Gasteiger partial charge in [-0.05, 0) is 242 Å². The minimum Gasteiger partial charge on any atom is -0.456 e. The van der Waals surface area contributed by atoms with E-state index in [1.54, 1.807) is 0 Å². The van der Waals surface area contributed by atoms with Crippen molar-refractivity contribution in [1.29, 1.82) is 0 Å². The number of anilines is 2. The topological polar surface area (TPSA) is 46.0 Å². The van der Waals surface area contributed by atoms with Crippen molar-refractivity contribution in [2.75, 3.05) is 11.9 Å². The zero-order chi connectivity index (χ0) is 98.7. The molecule has 1 aliphatic heterocycles. The average Bonchev–Trinajstić information content (AvgIpc) is 1.58. The second-order valence-electron chi connectivity index (χ2n) is 38.1. The molecule has 0 atom stereocenters. The van der Waals surface area contributed by atoms with E-state index >= 15 is 0 Å². The molecule has 702 valence electrons. The molecule has 147 heavy (non-hydrogen) atoms. The summed E-state index contributed by atoms with van der Waals surface area (Å²) in [6, 6.07) is 184. The first-order valence-electron chi connectivity index (χ1n) is 50.3. The van der Waals surface area contributed by atoms with E-state index in [1.165, 1.54) is 246 Å². The predicted octanol–water partition coefficient (Wildman–Crippen LogP) is 37.2. The maximum absolute atomic E-state index is 5.97. The van der Waals surface area contributed by atoms with Crippen LogP contribution in [0, 0.1) is 0 Å². The molecule has 7 aromatic heterocycles. The second kappa shape index (κ2) is 38.5. The van der Waals surface area contributed by atoms with E-state index in [0.717, 1.165) is 11.2 Å². The lowest BCUT2D eigenvalue weighted by Gasteiger charge is -2.30. The third-order valence-corrected chi connectivity index (χ3v) is 30.8. The fourth-order valence-electron chi connectivity index (χ4n) is 22.2. The Morgan fingerprint density at radius 2 is 0.354 bits per heavy atom.